The summed E-state index contributed by atoms with van der Waals surface area (Å²) in [4.78, 5) is 23.0. The predicted molar refractivity (Wildman–Crippen MR) is 70.4 cm³/mol. The number of carbonyl (C=O) groups is 2. The molecule has 0 radical (unpaired) electrons. The van der Waals surface area contributed by atoms with Gasteiger partial charge in [0.15, 0.2) is 0 Å². The van der Waals surface area contributed by atoms with Gasteiger partial charge >= 0.3 is 5.97 Å². The largest absolute Gasteiger partial charge is 0.456 e. The molecule has 6 nitrogen and oxygen atoms in total. The van der Waals surface area contributed by atoms with Crippen LogP contribution in [-0.4, -0.2) is 29.6 Å². The van der Waals surface area contributed by atoms with E-state index in [1.165, 1.54) is 7.05 Å². The molecule has 0 spiro atoms. The monoisotopic (exact) mass is 271 g/mol. The van der Waals surface area contributed by atoms with E-state index in [9.17, 15) is 9.59 Å². The van der Waals surface area contributed by atoms with Crippen LogP contribution in [0.3, 0.4) is 0 Å². The highest BCUT2D eigenvalue weighted by molar-refractivity contribution is 6.37. The van der Waals surface area contributed by atoms with E-state index < -0.39 is 5.97 Å². The van der Waals surface area contributed by atoms with Gasteiger partial charge in [-0.1, -0.05) is 12.1 Å². The highest BCUT2D eigenvalue weighted by Crippen LogP contribution is 2.10. The van der Waals surface area contributed by atoms with Crippen LogP contribution >= 0.6 is 0 Å². The molecular formula is C14H13N3O3. The zero-order valence-electron chi connectivity index (χ0n) is 11.0. The lowest BCUT2D eigenvalue weighted by Crippen LogP contribution is -2.32. The number of hydrogen-bond donors (Lipinski definition) is 0. The molecule has 0 bridgehead atoms. The Balaban J connectivity index is 1.93. The second kappa shape index (κ2) is 5.97. The lowest BCUT2D eigenvalue weighted by atomic mass is 10.1. The third-order valence-corrected chi connectivity index (χ3v) is 2.90. The molecule has 102 valence electrons. The Labute approximate surface area is 116 Å². The van der Waals surface area contributed by atoms with Gasteiger partial charge in [-0.25, -0.2) is 9.80 Å². The number of benzene rings is 1. The van der Waals surface area contributed by atoms with E-state index in [0.717, 1.165) is 10.6 Å². The smallest absolute Gasteiger partial charge is 0.354 e. The lowest BCUT2D eigenvalue weighted by molar-refractivity contribution is -0.137. The fraction of sp³-hybridized carbons (Fsp3) is 0.286. The van der Waals surface area contributed by atoms with Crippen LogP contribution in [-0.2, 0) is 20.9 Å². The molecule has 1 aliphatic rings. The maximum absolute atomic E-state index is 11.8. The van der Waals surface area contributed by atoms with Gasteiger partial charge in [-0.05, 0) is 17.7 Å². The SMILES string of the molecule is CN1N=C(C(=O)OCc2ccc(C#N)cc2)CCC1=O. The van der Waals surface area contributed by atoms with Crippen molar-refractivity contribution in [2.75, 3.05) is 7.05 Å². The lowest BCUT2D eigenvalue weighted by Gasteiger charge is -2.18. The van der Waals surface area contributed by atoms with E-state index in [2.05, 4.69) is 5.10 Å². The van der Waals surface area contributed by atoms with Gasteiger partial charge in [-0.3, -0.25) is 4.79 Å². The number of hydrogen-bond acceptors (Lipinski definition) is 5. The van der Waals surface area contributed by atoms with Gasteiger partial charge in [0.25, 0.3) is 0 Å². The fourth-order valence-electron chi connectivity index (χ4n) is 1.72. The van der Waals surface area contributed by atoms with Crippen LogP contribution in [0, 0.1) is 11.3 Å². The Morgan fingerprint density at radius 1 is 1.40 bits per heavy atom. The summed E-state index contributed by atoms with van der Waals surface area (Å²) < 4.78 is 5.13. The molecule has 0 unspecified atom stereocenters. The number of rotatable bonds is 3. The number of carbonyl (C=O) groups excluding carboxylic acids is 2. The third kappa shape index (κ3) is 3.20. The van der Waals surface area contributed by atoms with Gasteiger partial charge in [0.05, 0.1) is 11.6 Å². The first-order valence-electron chi connectivity index (χ1n) is 6.10. The maximum Gasteiger partial charge on any atom is 0.354 e. The molecule has 1 aromatic rings. The summed E-state index contributed by atoms with van der Waals surface area (Å²) in [5, 5.41) is 13.7. The fourth-order valence-corrected chi connectivity index (χ4v) is 1.72. The molecule has 1 aliphatic heterocycles. The third-order valence-electron chi connectivity index (χ3n) is 2.90. The quantitative estimate of drug-likeness (QED) is 0.773. The van der Waals surface area contributed by atoms with Crippen LogP contribution in [0.1, 0.15) is 24.0 Å². The van der Waals surface area contributed by atoms with Gasteiger partial charge < -0.3 is 4.74 Å². The van der Waals surface area contributed by atoms with E-state index in [1.807, 2.05) is 6.07 Å². The van der Waals surface area contributed by atoms with E-state index in [-0.39, 0.29) is 24.6 Å². The molecule has 0 aliphatic carbocycles. The van der Waals surface area contributed by atoms with Crippen LogP contribution in [0.2, 0.25) is 0 Å². The topological polar surface area (TPSA) is 82.8 Å². The number of amides is 1. The van der Waals surface area contributed by atoms with Crippen molar-refractivity contribution in [2.24, 2.45) is 5.10 Å². The molecule has 0 saturated carbocycles. The van der Waals surface area contributed by atoms with E-state index in [1.54, 1.807) is 24.3 Å². The first-order valence-corrected chi connectivity index (χ1v) is 6.10. The first-order chi connectivity index (χ1) is 9.60. The molecule has 1 aromatic carbocycles. The van der Waals surface area contributed by atoms with Crippen molar-refractivity contribution in [3.8, 4) is 6.07 Å². The van der Waals surface area contributed by atoms with Crippen molar-refractivity contribution >= 4 is 17.6 Å². The Hall–Kier alpha value is -2.68. The standard InChI is InChI=1S/C14H13N3O3/c1-17-13(18)7-6-12(16-17)14(19)20-9-11-4-2-10(8-15)3-5-11/h2-5H,6-7,9H2,1H3. The van der Waals surface area contributed by atoms with Gasteiger partial charge in [0.1, 0.15) is 12.3 Å². The van der Waals surface area contributed by atoms with Crippen molar-refractivity contribution in [1.82, 2.24) is 5.01 Å². The number of hydrazone groups is 1. The zero-order valence-corrected chi connectivity index (χ0v) is 11.0. The Bertz CT molecular complexity index is 599. The van der Waals surface area contributed by atoms with Crippen LogP contribution in [0.5, 0.6) is 0 Å². The Kier molecular flexibility index (Phi) is 4.11. The van der Waals surface area contributed by atoms with Gasteiger partial charge in [0.2, 0.25) is 5.91 Å². The number of ether oxygens (including phenoxy) is 1. The average Bonchev–Trinajstić information content (AvgIpc) is 2.48. The normalized spacial score (nSPS) is 14.5. The predicted octanol–water partition coefficient (Wildman–Crippen LogP) is 1.21. The molecule has 1 amide bonds. The molecule has 0 atom stereocenters. The molecule has 0 saturated heterocycles. The summed E-state index contributed by atoms with van der Waals surface area (Å²) in [7, 11) is 1.51. The zero-order chi connectivity index (χ0) is 14.5. The molecular weight excluding hydrogens is 258 g/mol. The van der Waals surface area contributed by atoms with Crippen molar-refractivity contribution in [3.05, 3.63) is 35.4 Å². The first kappa shape index (κ1) is 13.7. The number of nitriles is 1. The molecule has 20 heavy (non-hydrogen) atoms. The molecule has 2 rings (SSSR count). The van der Waals surface area contributed by atoms with Crippen LogP contribution in [0.4, 0.5) is 0 Å². The van der Waals surface area contributed by atoms with Gasteiger partial charge in [0, 0.05) is 19.9 Å². The number of esters is 1. The minimum atomic E-state index is -0.520. The van der Waals surface area contributed by atoms with Crippen LogP contribution in [0.15, 0.2) is 29.4 Å². The van der Waals surface area contributed by atoms with Crippen LogP contribution < -0.4 is 0 Å². The van der Waals surface area contributed by atoms with Crippen molar-refractivity contribution < 1.29 is 14.3 Å². The maximum atomic E-state index is 11.8. The van der Waals surface area contributed by atoms with E-state index >= 15 is 0 Å². The minimum Gasteiger partial charge on any atom is -0.456 e. The van der Waals surface area contributed by atoms with Crippen LogP contribution in [0.25, 0.3) is 0 Å². The second-order valence-electron chi connectivity index (χ2n) is 4.35. The average molecular weight is 271 g/mol. The van der Waals surface area contributed by atoms with E-state index in [0.29, 0.717) is 12.0 Å². The summed E-state index contributed by atoms with van der Waals surface area (Å²) in [6, 6.07) is 8.79. The summed E-state index contributed by atoms with van der Waals surface area (Å²) in [6.07, 6.45) is 0.566. The number of nitrogens with zero attached hydrogens (tertiary/aromatic N) is 3. The van der Waals surface area contributed by atoms with Crippen molar-refractivity contribution in [3.63, 3.8) is 0 Å². The molecule has 0 fully saturated rings. The summed E-state index contributed by atoms with van der Waals surface area (Å²) in [5.74, 6) is -0.637. The Morgan fingerprint density at radius 2 is 2.10 bits per heavy atom. The summed E-state index contributed by atoms with van der Waals surface area (Å²) >= 11 is 0. The highest BCUT2D eigenvalue weighted by Gasteiger charge is 2.22. The van der Waals surface area contributed by atoms with Gasteiger partial charge in [-0.15, -0.1) is 0 Å². The van der Waals surface area contributed by atoms with Crippen molar-refractivity contribution in [1.29, 1.82) is 5.26 Å². The van der Waals surface area contributed by atoms with Gasteiger partial charge in [-0.2, -0.15) is 10.4 Å². The Morgan fingerprint density at radius 3 is 2.70 bits per heavy atom. The van der Waals surface area contributed by atoms with E-state index in [4.69, 9.17) is 10.00 Å². The highest BCUT2D eigenvalue weighted by atomic mass is 16.5. The minimum absolute atomic E-state index is 0.112. The molecule has 0 aromatic heterocycles. The molecule has 6 heteroatoms. The summed E-state index contributed by atoms with van der Waals surface area (Å²) in [5.41, 5.74) is 1.59. The molecule has 0 N–H and O–H groups in total. The summed E-state index contributed by atoms with van der Waals surface area (Å²) in [6.45, 7) is 0.112. The van der Waals surface area contributed by atoms with Crippen molar-refractivity contribution in [2.45, 2.75) is 19.4 Å². The second-order valence-corrected chi connectivity index (χ2v) is 4.35. The molecule has 1 heterocycles.